The van der Waals surface area contributed by atoms with Crippen LogP contribution >= 0.6 is 11.6 Å². The third-order valence-electron chi connectivity index (χ3n) is 7.49. The minimum atomic E-state index is 0.0939. The molecule has 1 spiro atoms. The van der Waals surface area contributed by atoms with E-state index in [1.165, 1.54) is 6.42 Å². The first-order chi connectivity index (χ1) is 10.4. The second kappa shape index (κ2) is 3.38. The number of hydrogen-bond donors (Lipinski definition) is 1. The van der Waals surface area contributed by atoms with Crippen LogP contribution in [-0.4, -0.2) is 9.78 Å². The van der Waals surface area contributed by atoms with Gasteiger partial charge in [0.2, 0.25) is 0 Å². The molecule has 1 N–H and O–H groups in total. The number of para-hydroxylation sites is 1. The van der Waals surface area contributed by atoms with Crippen LogP contribution < -0.4 is 5.56 Å². The molecule has 1 heterocycles. The van der Waals surface area contributed by atoms with Gasteiger partial charge in [0.25, 0.3) is 5.56 Å². The first kappa shape index (κ1) is 13.0. The summed E-state index contributed by atoms with van der Waals surface area (Å²) in [4.78, 5) is 13.0. The van der Waals surface area contributed by atoms with Crippen molar-refractivity contribution in [2.24, 2.45) is 10.8 Å². The lowest BCUT2D eigenvalue weighted by atomic mass is 9.65. The molecule has 22 heavy (non-hydrogen) atoms. The van der Waals surface area contributed by atoms with Crippen LogP contribution in [0.4, 0.5) is 0 Å². The highest BCUT2D eigenvalue weighted by Gasteiger charge is 2.89. The minimum Gasteiger partial charge on any atom is -0.294 e. The van der Waals surface area contributed by atoms with E-state index in [1.807, 2.05) is 24.3 Å². The van der Waals surface area contributed by atoms with Gasteiger partial charge in [-0.1, -0.05) is 44.5 Å². The molecule has 114 valence electrons. The zero-order valence-corrected chi connectivity index (χ0v) is 13.8. The molecule has 1 aromatic carbocycles. The van der Waals surface area contributed by atoms with Crippen molar-refractivity contribution in [2.75, 3.05) is 0 Å². The second-order valence-corrected chi connectivity index (χ2v) is 8.21. The summed E-state index contributed by atoms with van der Waals surface area (Å²) in [5.74, 6) is 0.426. The van der Waals surface area contributed by atoms with Gasteiger partial charge >= 0.3 is 0 Å². The zero-order valence-electron chi connectivity index (χ0n) is 13.0. The summed E-state index contributed by atoms with van der Waals surface area (Å²) in [6, 6.07) is 7.52. The van der Waals surface area contributed by atoms with Crippen molar-refractivity contribution in [3.8, 4) is 5.69 Å². The molecular weight excluding hydrogens is 296 g/mol. The molecule has 3 atom stereocenters. The maximum Gasteiger partial charge on any atom is 0.275 e. The van der Waals surface area contributed by atoms with Gasteiger partial charge in [0.1, 0.15) is 0 Å². The molecule has 2 fully saturated rings. The summed E-state index contributed by atoms with van der Waals surface area (Å²) in [7, 11) is 0. The molecule has 1 aromatic heterocycles. The molecule has 1 unspecified atom stereocenters. The van der Waals surface area contributed by atoms with E-state index in [4.69, 9.17) is 11.6 Å². The molecule has 3 nitrogen and oxygen atoms in total. The Labute approximate surface area is 134 Å². The zero-order chi connectivity index (χ0) is 15.5. The van der Waals surface area contributed by atoms with Gasteiger partial charge < -0.3 is 0 Å². The highest BCUT2D eigenvalue weighted by atomic mass is 35.5. The van der Waals surface area contributed by atoms with Crippen LogP contribution in [0.5, 0.6) is 0 Å². The predicted molar refractivity (Wildman–Crippen MR) is 86.9 cm³/mol. The minimum absolute atomic E-state index is 0.0939. The molecule has 2 aromatic rings. The first-order valence-electron chi connectivity index (χ1n) is 7.98. The Balaban J connectivity index is 1.78. The van der Waals surface area contributed by atoms with Crippen LogP contribution in [0, 0.1) is 10.8 Å². The number of rotatable bonds is 1. The standard InChI is InChI=1S/C18H19ClN2O/c1-16(2)17(3)14-13(10-8-9-18(10,16)17)15(22)21(20-14)12-7-5-4-6-11(12)19/h4-7,10,20H,8-9H2,1-3H3/t10-,17+,18?/m1/s1. The smallest absolute Gasteiger partial charge is 0.275 e. The van der Waals surface area contributed by atoms with E-state index in [9.17, 15) is 4.79 Å². The first-order valence-corrected chi connectivity index (χ1v) is 8.36. The molecule has 3 aliphatic rings. The van der Waals surface area contributed by atoms with Crippen molar-refractivity contribution in [3.63, 3.8) is 0 Å². The summed E-state index contributed by atoms with van der Waals surface area (Å²) < 4.78 is 1.65. The molecule has 5 rings (SSSR count). The van der Waals surface area contributed by atoms with Gasteiger partial charge in [0, 0.05) is 16.7 Å². The summed E-state index contributed by atoms with van der Waals surface area (Å²) >= 11 is 6.29. The average molecular weight is 315 g/mol. The molecule has 0 amide bonds. The Morgan fingerprint density at radius 3 is 2.64 bits per heavy atom. The van der Waals surface area contributed by atoms with Gasteiger partial charge in [-0.2, -0.15) is 0 Å². The van der Waals surface area contributed by atoms with Gasteiger partial charge in [-0.3, -0.25) is 9.89 Å². The van der Waals surface area contributed by atoms with Gasteiger partial charge in [0.05, 0.1) is 10.7 Å². The fraction of sp³-hybridized carbons (Fsp3) is 0.500. The van der Waals surface area contributed by atoms with Gasteiger partial charge in [-0.15, -0.1) is 0 Å². The third kappa shape index (κ3) is 0.971. The predicted octanol–water partition coefficient (Wildman–Crippen LogP) is 3.99. The van der Waals surface area contributed by atoms with Crippen molar-refractivity contribution in [2.45, 2.75) is 44.9 Å². The number of aromatic nitrogens is 2. The maximum atomic E-state index is 13.0. The number of aromatic amines is 1. The number of H-pyrrole nitrogens is 1. The molecule has 3 aliphatic carbocycles. The van der Waals surface area contributed by atoms with Crippen LogP contribution in [0.3, 0.4) is 0 Å². The number of fused-ring (bicyclic) bond motifs is 3. The largest absolute Gasteiger partial charge is 0.294 e. The number of halogens is 1. The fourth-order valence-electron chi connectivity index (χ4n) is 6.04. The second-order valence-electron chi connectivity index (χ2n) is 7.81. The topological polar surface area (TPSA) is 37.8 Å². The molecule has 0 saturated heterocycles. The van der Waals surface area contributed by atoms with Crippen LogP contribution in [0.25, 0.3) is 5.69 Å². The van der Waals surface area contributed by atoms with Crippen molar-refractivity contribution in [1.82, 2.24) is 9.78 Å². The molecule has 0 radical (unpaired) electrons. The quantitative estimate of drug-likeness (QED) is 0.849. The lowest BCUT2D eigenvalue weighted by Crippen LogP contribution is -2.33. The van der Waals surface area contributed by atoms with Crippen LogP contribution in [0.15, 0.2) is 29.1 Å². The van der Waals surface area contributed by atoms with Crippen molar-refractivity contribution >= 4 is 11.6 Å². The molecule has 0 bridgehead atoms. The Hall–Kier alpha value is -1.48. The van der Waals surface area contributed by atoms with E-state index in [0.29, 0.717) is 16.4 Å². The van der Waals surface area contributed by atoms with Gasteiger partial charge in [0.15, 0.2) is 0 Å². The highest BCUT2D eigenvalue weighted by molar-refractivity contribution is 6.32. The number of benzene rings is 1. The number of nitrogens with one attached hydrogen (secondary N) is 1. The molecular formula is C18H19ClN2O. The summed E-state index contributed by atoms with van der Waals surface area (Å²) in [5.41, 5.74) is 3.71. The monoisotopic (exact) mass is 314 g/mol. The molecule has 0 aliphatic heterocycles. The SMILES string of the molecule is CC1(C)C23CC[C@@H]2c2c([nH]n(-c4ccccc4Cl)c2=O)[C@@]13C. The van der Waals surface area contributed by atoms with Crippen LogP contribution in [0.2, 0.25) is 5.02 Å². The highest BCUT2D eigenvalue weighted by Crippen LogP contribution is 2.92. The van der Waals surface area contributed by atoms with E-state index in [-0.39, 0.29) is 16.4 Å². The Kier molecular flexibility index (Phi) is 2.00. The van der Waals surface area contributed by atoms with Crippen molar-refractivity contribution in [3.05, 3.63) is 50.9 Å². The molecule has 4 heteroatoms. The van der Waals surface area contributed by atoms with Gasteiger partial charge in [-0.05, 0) is 41.7 Å². The van der Waals surface area contributed by atoms with E-state index < -0.39 is 0 Å². The number of hydrogen-bond acceptors (Lipinski definition) is 1. The summed E-state index contributed by atoms with van der Waals surface area (Å²) in [5, 5.41) is 4.02. The summed E-state index contributed by atoms with van der Waals surface area (Å²) in [6.45, 7) is 7.04. The lowest BCUT2D eigenvalue weighted by Gasteiger charge is -2.38. The van der Waals surface area contributed by atoms with Crippen molar-refractivity contribution in [1.29, 1.82) is 0 Å². The van der Waals surface area contributed by atoms with E-state index in [2.05, 4.69) is 25.9 Å². The maximum absolute atomic E-state index is 13.0. The number of nitrogens with zero attached hydrogens (tertiary/aromatic N) is 1. The van der Waals surface area contributed by atoms with Crippen molar-refractivity contribution < 1.29 is 0 Å². The summed E-state index contributed by atoms with van der Waals surface area (Å²) in [6.07, 6.45) is 2.39. The normalized spacial score (nSPS) is 36.3. The van der Waals surface area contributed by atoms with E-state index in [0.717, 1.165) is 23.4 Å². The Bertz CT molecular complexity index is 893. The Morgan fingerprint density at radius 2 is 2.00 bits per heavy atom. The molecule has 2 saturated carbocycles. The third-order valence-corrected chi connectivity index (χ3v) is 7.81. The average Bonchev–Trinajstić information content (AvgIpc) is 2.64. The van der Waals surface area contributed by atoms with Crippen LogP contribution in [0.1, 0.15) is 50.8 Å². The lowest BCUT2D eigenvalue weighted by molar-refractivity contribution is 0.171. The van der Waals surface area contributed by atoms with Gasteiger partial charge in [-0.25, -0.2) is 4.68 Å². The van der Waals surface area contributed by atoms with E-state index >= 15 is 0 Å². The van der Waals surface area contributed by atoms with Crippen LogP contribution in [-0.2, 0) is 5.41 Å². The fourth-order valence-corrected chi connectivity index (χ4v) is 6.26. The van der Waals surface area contributed by atoms with E-state index in [1.54, 1.807) is 4.68 Å². The Morgan fingerprint density at radius 1 is 1.27 bits per heavy atom.